The van der Waals surface area contributed by atoms with Gasteiger partial charge < -0.3 is 0 Å². The van der Waals surface area contributed by atoms with Crippen molar-refractivity contribution >= 4 is 33.5 Å². The van der Waals surface area contributed by atoms with E-state index >= 15 is 0 Å². The Bertz CT molecular complexity index is 1740. The largest absolute Gasteiger partial charge is 0.278 e. The number of nitriles is 1. The zero-order valence-corrected chi connectivity index (χ0v) is 18.2. The minimum atomic E-state index is -0.453. The highest BCUT2D eigenvalue weighted by atomic mass is 35.5. The van der Waals surface area contributed by atoms with Crippen LogP contribution in [0.25, 0.3) is 38.9 Å². The van der Waals surface area contributed by atoms with Crippen molar-refractivity contribution in [1.29, 1.82) is 5.26 Å². The van der Waals surface area contributed by atoms with Crippen LogP contribution in [-0.2, 0) is 6.54 Å². The van der Waals surface area contributed by atoms with E-state index in [1.807, 2.05) is 36.4 Å². The van der Waals surface area contributed by atoms with Crippen LogP contribution in [0.2, 0.25) is 5.02 Å². The second-order valence-corrected chi connectivity index (χ2v) is 8.17. The van der Waals surface area contributed by atoms with Crippen molar-refractivity contribution in [3.8, 4) is 23.0 Å². The van der Waals surface area contributed by atoms with Crippen LogP contribution >= 0.6 is 11.6 Å². The van der Waals surface area contributed by atoms with Crippen LogP contribution in [0.5, 0.6) is 0 Å². The number of nitrogens with zero attached hydrogens (tertiary/aromatic N) is 7. The third-order valence-corrected chi connectivity index (χ3v) is 5.98. The molecule has 0 aliphatic heterocycles. The number of fused-ring (bicyclic) bond motifs is 2. The first-order valence-electron chi connectivity index (χ1n) is 10.3. The van der Waals surface area contributed by atoms with Crippen LogP contribution in [-0.4, -0.2) is 35.0 Å². The maximum absolute atomic E-state index is 14.5. The van der Waals surface area contributed by atoms with Gasteiger partial charge in [0.2, 0.25) is 0 Å². The molecule has 10 heteroatoms. The normalized spacial score (nSPS) is 11.3. The standard InChI is InChI=1S/C24H14ClFN8/c25-19-8-17(22-5-6-29-33(22)13-16-2-1-14(11-27)7-20(16)26)9-23-24(19)31-32-34(23)18-4-3-15-12-28-30-21(15)10-18/h1-10,12H,13H2,(H,28,30). The molecule has 6 rings (SSSR count). The van der Waals surface area contributed by atoms with Gasteiger partial charge in [-0.2, -0.15) is 15.5 Å². The summed E-state index contributed by atoms with van der Waals surface area (Å²) in [6, 6.07) is 17.7. The number of benzene rings is 3. The summed E-state index contributed by atoms with van der Waals surface area (Å²) >= 11 is 6.58. The summed E-state index contributed by atoms with van der Waals surface area (Å²) in [6.45, 7) is 0.198. The van der Waals surface area contributed by atoms with Crippen LogP contribution in [0, 0.1) is 17.1 Å². The summed E-state index contributed by atoms with van der Waals surface area (Å²) in [5.74, 6) is -0.453. The molecule has 0 spiro atoms. The van der Waals surface area contributed by atoms with E-state index in [0.29, 0.717) is 16.1 Å². The van der Waals surface area contributed by atoms with Gasteiger partial charge in [0.1, 0.15) is 11.3 Å². The van der Waals surface area contributed by atoms with Crippen molar-refractivity contribution in [2.45, 2.75) is 6.54 Å². The molecular formula is C24H14ClFN8. The molecule has 8 nitrogen and oxygen atoms in total. The molecule has 0 bridgehead atoms. The summed E-state index contributed by atoms with van der Waals surface area (Å²) in [6.07, 6.45) is 3.40. The van der Waals surface area contributed by atoms with Crippen LogP contribution in [0.4, 0.5) is 4.39 Å². The number of halogens is 2. The Labute approximate surface area is 196 Å². The molecule has 3 aromatic heterocycles. The van der Waals surface area contributed by atoms with Gasteiger partial charge in [-0.15, -0.1) is 5.10 Å². The molecule has 34 heavy (non-hydrogen) atoms. The van der Waals surface area contributed by atoms with Gasteiger partial charge in [0, 0.05) is 22.7 Å². The lowest BCUT2D eigenvalue weighted by Crippen LogP contribution is -2.06. The smallest absolute Gasteiger partial charge is 0.132 e. The van der Waals surface area contributed by atoms with Crippen molar-refractivity contribution in [1.82, 2.24) is 35.0 Å². The number of hydrogen-bond donors (Lipinski definition) is 1. The van der Waals surface area contributed by atoms with Gasteiger partial charge in [0.05, 0.1) is 51.8 Å². The minimum absolute atomic E-state index is 0.198. The Morgan fingerprint density at radius 1 is 1.09 bits per heavy atom. The molecule has 0 atom stereocenters. The lowest BCUT2D eigenvalue weighted by atomic mass is 10.1. The fraction of sp³-hybridized carbons (Fsp3) is 0.0417. The number of aromatic amines is 1. The van der Waals surface area contributed by atoms with E-state index < -0.39 is 5.82 Å². The Hall–Kier alpha value is -4.55. The van der Waals surface area contributed by atoms with Crippen LogP contribution < -0.4 is 0 Å². The fourth-order valence-corrected chi connectivity index (χ4v) is 4.24. The SMILES string of the molecule is N#Cc1ccc(Cn2nccc2-c2cc(Cl)c3nnn(-c4ccc5cn[nH]c5c4)c3c2)c(F)c1. The van der Waals surface area contributed by atoms with Gasteiger partial charge in [-0.25, -0.2) is 9.07 Å². The lowest BCUT2D eigenvalue weighted by molar-refractivity contribution is 0.586. The van der Waals surface area contributed by atoms with Crippen molar-refractivity contribution in [3.05, 3.63) is 89.0 Å². The quantitative estimate of drug-likeness (QED) is 0.397. The van der Waals surface area contributed by atoms with Crippen molar-refractivity contribution in [2.24, 2.45) is 0 Å². The van der Waals surface area contributed by atoms with E-state index in [1.165, 1.54) is 6.07 Å². The molecule has 164 valence electrons. The number of rotatable bonds is 4. The summed E-state index contributed by atoms with van der Waals surface area (Å²) < 4.78 is 17.9. The Morgan fingerprint density at radius 3 is 2.85 bits per heavy atom. The molecule has 0 fully saturated rings. The lowest BCUT2D eigenvalue weighted by Gasteiger charge is -2.10. The second-order valence-electron chi connectivity index (χ2n) is 7.76. The molecule has 3 heterocycles. The highest BCUT2D eigenvalue weighted by molar-refractivity contribution is 6.35. The Balaban J connectivity index is 1.44. The maximum atomic E-state index is 14.5. The van der Waals surface area contributed by atoms with E-state index in [1.54, 1.807) is 40.0 Å². The Morgan fingerprint density at radius 2 is 2.00 bits per heavy atom. The van der Waals surface area contributed by atoms with Crippen molar-refractivity contribution < 1.29 is 4.39 Å². The van der Waals surface area contributed by atoms with E-state index in [2.05, 4.69) is 25.6 Å². The van der Waals surface area contributed by atoms with Gasteiger partial charge in [-0.05, 0) is 48.5 Å². The number of nitrogens with one attached hydrogen (secondary N) is 1. The molecule has 0 radical (unpaired) electrons. The number of aromatic nitrogens is 7. The van der Waals surface area contributed by atoms with E-state index in [4.69, 9.17) is 16.9 Å². The summed E-state index contributed by atoms with van der Waals surface area (Å²) in [5.41, 5.74) is 5.22. The molecule has 3 aromatic carbocycles. The third-order valence-electron chi connectivity index (χ3n) is 5.69. The van der Waals surface area contributed by atoms with Crippen molar-refractivity contribution in [2.75, 3.05) is 0 Å². The average Bonchev–Trinajstić information content (AvgIpc) is 3.59. The third kappa shape index (κ3) is 3.29. The van der Waals surface area contributed by atoms with Crippen LogP contribution in [0.1, 0.15) is 11.1 Å². The number of H-pyrrole nitrogens is 1. The van der Waals surface area contributed by atoms with Crippen molar-refractivity contribution in [3.63, 3.8) is 0 Å². The molecule has 0 aliphatic rings. The topological polar surface area (TPSA) is 101 Å². The average molecular weight is 469 g/mol. The van der Waals surface area contributed by atoms with Gasteiger partial charge in [-0.1, -0.05) is 22.9 Å². The second kappa shape index (κ2) is 7.79. The summed E-state index contributed by atoms with van der Waals surface area (Å²) in [4.78, 5) is 0. The van der Waals surface area contributed by atoms with Gasteiger partial charge in [-0.3, -0.25) is 9.78 Å². The fourth-order valence-electron chi connectivity index (χ4n) is 3.99. The first-order chi connectivity index (χ1) is 16.6. The predicted molar refractivity (Wildman–Crippen MR) is 125 cm³/mol. The molecule has 0 amide bonds. The summed E-state index contributed by atoms with van der Waals surface area (Å²) in [5, 5.41) is 30.4. The highest BCUT2D eigenvalue weighted by Crippen LogP contribution is 2.31. The Kier molecular flexibility index (Phi) is 4.60. The molecular weight excluding hydrogens is 455 g/mol. The van der Waals surface area contributed by atoms with E-state index in [0.717, 1.165) is 33.4 Å². The summed E-state index contributed by atoms with van der Waals surface area (Å²) in [7, 11) is 0. The molecule has 0 saturated carbocycles. The first-order valence-corrected chi connectivity index (χ1v) is 10.7. The first kappa shape index (κ1) is 20.1. The van der Waals surface area contributed by atoms with Gasteiger partial charge in [0.15, 0.2) is 0 Å². The molecule has 1 N–H and O–H groups in total. The van der Waals surface area contributed by atoms with Crippen LogP contribution in [0.15, 0.2) is 67.0 Å². The molecule has 6 aromatic rings. The van der Waals surface area contributed by atoms with Gasteiger partial charge in [0.25, 0.3) is 0 Å². The van der Waals surface area contributed by atoms with E-state index in [9.17, 15) is 4.39 Å². The van der Waals surface area contributed by atoms with Gasteiger partial charge >= 0.3 is 0 Å². The number of hydrogen-bond acceptors (Lipinski definition) is 5. The predicted octanol–water partition coefficient (Wildman–Crippen LogP) is 4.87. The molecule has 0 saturated heterocycles. The zero-order valence-electron chi connectivity index (χ0n) is 17.4. The van der Waals surface area contributed by atoms with Crippen LogP contribution in [0.3, 0.4) is 0 Å². The minimum Gasteiger partial charge on any atom is -0.278 e. The van der Waals surface area contributed by atoms with E-state index in [-0.39, 0.29) is 12.1 Å². The zero-order chi connectivity index (χ0) is 23.2. The maximum Gasteiger partial charge on any atom is 0.132 e. The monoisotopic (exact) mass is 468 g/mol. The highest BCUT2D eigenvalue weighted by Gasteiger charge is 2.16. The molecule has 0 unspecified atom stereocenters. The molecule has 0 aliphatic carbocycles.